The van der Waals surface area contributed by atoms with Crippen LogP contribution in [0.25, 0.3) is 6.08 Å². The summed E-state index contributed by atoms with van der Waals surface area (Å²) in [5, 5.41) is 3.62. The molecule has 144 valence electrons. The minimum absolute atomic E-state index is 0.0712. The second-order valence-corrected chi connectivity index (χ2v) is 8.18. The van der Waals surface area contributed by atoms with Crippen LogP contribution >= 0.6 is 23.4 Å². The first-order chi connectivity index (χ1) is 14.1. The van der Waals surface area contributed by atoms with Crippen molar-refractivity contribution >= 4 is 47.0 Å². The highest BCUT2D eigenvalue weighted by Crippen LogP contribution is 2.32. The molecule has 0 aromatic heterocycles. The fourth-order valence-electron chi connectivity index (χ4n) is 2.94. The van der Waals surface area contributed by atoms with Gasteiger partial charge in [-0.2, -0.15) is 0 Å². The van der Waals surface area contributed by atoms with Gasteiger partial charge < -0.3 is 5.32 Å². The summed E-state index contributed by atoms with van der Waals surface area (Å²) in [5.41, 5.74) is 3.17. The molecule has 2 amide bonds. The largest absolute Gasteiger partial charge is 0.348 e. The predicted molar refractivity (Wildman–Crippen MR) is 119 cm³/mol. The molecular weight excluding hydrogens is 404 g/mol. The van der Waals surface area contributed by atoms with Gasteiger partial charge in [-0.15, -0.1) is 11.8 Å². The monoisotopic (exact) mass is 420 g/mol. The van der Waals surface area contributed by atoms with Crippen LogP contribution in [0.2, 0.25) is 5.02 Å². The van der Waals surface area contributed by atoms with Crippen molar-refractivity contribution in [3.05, 3.63) is 99.5 Å². The standard InChI is InChI=1S/C23H17ClN2O2S/c24-18-11-7-16(8-12-18)14-25-22(27)17-9-5-15(6-10-17)13-21-23(28)26-19-3-1-2-4-20(19)29-21/h1-13,20H,14H2,(H,25,27)/b21-13+. The van der Waals surface area contributed by atoms with Crippen molar-refractivity contribution in [2.24, 2.45) is 4.99 Å². The lowest BCUT2D eigenvalue weighted by Gasteiger charge is -2.20. The SMILES string of the molecule is O=C1N=C2C=CC=CC2S/C1=C/c1ccc(C(=O)NCc2ccc(Cl)cc2)cc1. The van der Waals surface area contributed by atoms with Crippen LogP contribution in [0.5, 0.6) is 0 Å². The normalized spacial score (nSPS) is 19.1. The van der Waals surface area contributed by atoms with Gasteiger partial charge in [0.05, 0.1) is 15.9 Å². The van der Waals surface area contributed by atoms with Crippen LogP contribution in [-0.2, 0) is 11.3 Å². The molecule has 2 aliphatic rings. The van der Waals surface area contributed by atoms with Gasteiger partial charge in [-0.05, 0) is 47.5 Å². The van der Waals surface area contributed by atoms with Crippen LogP contribution in [0.15, 0.2) is 82.7 Å². The summed E-state index contributed by atoms with van der Waals surface area (Å²) >= 11 is 7.36. The average Bonchev–Trinajstić information content (AvgIpc) is 2.74. The van der Waals surface area contributed by atoms with Crippen molar-refractivity contribution in [3.8, 4) is 0 Å². The van der Waals surface area contributed by atoms with Gasteiger partial charge in [0.1, 0.15) is 0 Å². The maximum Gasteiger partial charge on any atom is 0.283 e. The summed E-state index contributed by atoms with van der Waals surface area (Å²) in [4.78, 5) is 29.4. The van der Waals surface area contributed by atoms with Crippen molar-refractivity contribution in [2.75, 3.05) is 0 Å². The summed E-state index contributed by atoms with van der Waals surface area (Å²) in [5.74, 6) is -0.387. The third-order valence-corrected chi connectivity index (χ3v) is 5.94. The summed E-state index contributed by atoms with van der Waals surface area (Å²) in [7, 11) is 0. The molecule has 0 fully saturated rings. The van der Waals surface area contributed by atoms with Gasteiger partial charge in [-0.1, -0.05) is 54.1 Å². The number of carbonyl (C=O) groups is 2. The van der Waals surface area contributed by atoms with Crippen LogP contribution in [0.3, 0.4) is 0 Å². The fraction of sp³-hybridized carbons (Fsp3) is 0.0870. The topological polar surface area (TPSA) is 58.5 Å². The van der Waals surface area contributed by atoms with E-state index in [0.29, 0.717) is 22.0 Å². The molecule has 2 aromatic rings. The number of aliphatic imine (C=N–C) groups is 1. The van der Waals surface area contributed by atoms with Crippen molar-refractivity contribution in [2.45, 2.75) is 11.8 Å². The lowest BCUT2D eigenvalue weighted by molar-refractivity contribution is -0.113. The van der Waals surface area contributed by atoms with Gasteiger partial charge in [0.25, 0.3) is 11.8 Å². The minimum atomic E-state index is -0.231. The van der Waals surface area contributed by atoms with Crippen molar-refractivity contribution in [1.82, 2.24) is 5.32 Å². The second kappa shape index (κ2) is 8.64. The Morgan fingerprint density at radius 3 is 2.62 bits per heavy atom. The molecule has 1 heterocycles. The molecule has 6 heteroatoms. The molecule has 1 aliphatic carbocycles. The highest BCUT2D eigenvalue weighted by atomic mass is 35.5. The number of hydrogen-bond donors (Lipinski definition) is 1. The van der Waals surface area contributed by atoms with Crippen molar-refractivity contribution in [1.29, 1.82) is 0 Å². The van der Waals surface area contributed by atoms with Gasteiger partial charge in [0, 0.05) is 17.1 Å². The molecule has 1 N–H and O–H groups in total. The fourth-order valence-corrected chi connectivity index (χ4v) is 4.11. The number of thioether (sulfide) groups is 1. The molecule has 1 unspecified atom stereocenters. The number of rotatable bonds is 4. The molecule has 0 saturated heterocycles. The van der Waals surface area contributed by atoms with E-state index in [1.54, 1.807) is 24.3 Å². The molecule has 1 aliphatic heterocycles. The Morgan fingerprint density at radius 1 is 1.10 bits per heavy atom. The number of fused-ring (bicyclic) bond motifs is 1. The van der Waals surface area contributed by atoms with E-state index in [9.17, 15) is 9.59 Å². The Morgan fingerprint density at radius 2 is 1.86 bits per heavy atom. The molecule has 0 bridgehead atoms. The zero-order chi connectivity index (χ0) is 20.2. The van der Waals surface area contributed by atoms with Gasteiger partial charge in [-0.3, -0.25) is 9.59 Å². The average molecular weight is 421 g/mol. The van der Waals surface area contributed by atoms with Crippen molar-refractivity contribution in [3.63, 3.8) is 0 Å². The van der Waals surface area contributed by atoms with E-state index in [-0.39, 0.29) is 17.1 Å². The van der Waals surface area contributed by atoms with Gasteiger partial charge in [-0.25, -0.2) is 4.99 Å². The molecule has 0 radical (unpaired) electrons. The van der Waals surface area contributed by atoms with E-state index in [0.717, 1.165) is 16.8 Å². The van der Waals surface area contributed by atoms with E-state index in [1.165, 1.54) is 11.8 Å². The van der Waals surface area contributed by atoms with Crippen LogP contribution in [0.1, 0.15) is 21.5 Å². The lowest BCUT2D eigenvalue weighted by atomic mass is 10.1. The van der Waals surface area contributed by atoms with Crippen LogP contribution in [-0.4, -0.2) is 22.8 Å². The summed E-state index contributed by atoms with van der Waals surface area (Å²) < 4.78 is 0. The zero-order valence-electron chi connectivity index (χ0n) is 15.3. The molecule has 2 aromatic carbocycles. The van der Waals surface area contributed by atoms with E-state index in [1.807, 2.05) is 54.6 Å². The molecule has 0 saturated carbocycles. The number of allylic oxidation sites excluding steroid dienone is 3. The molecule has 1 atom stereocenters. The van der Waals surface area contributed by atoms with E-state index in [2.05, 4.69) is 10.3 Å². The number of nitrogens with one attached hydrogen (secondary N) is 1. The maximum atomic E-state index is 12.4. The Labute approximate surface area is 178 Å². The molecule has 0 spiro atoms. The first-order valence-electron chi connectivity index (χ1n) is 9.07. The third-order valence-electron chi connectivity index (χ3n) is 4.49. The lowest BCUT2D eigenvalue weighted by Crippen LogP contribution is -2.22. The third kappa shape index (κ3) is 4.75. The Bertz CT molecular complexity index is 1070. The van der Waals surface area contributed by atoms with E-state index in [4.69, 9.17) is 11.6 Å². The second-order valence-electron chi connectivity index (χ2n) is 6.56. The zero-order valence-corrected chi connectivity index (χ0v) is 16.9. The van der Waals surface area contributed by atoms with Gasteiger partial charge >= 0.3 is 0 Å². The molecule has 4 rings (SSSR count). The maximum absolute atomic E-state index is 12.4. The van der Waals surface area contributed by atoms with Crippen LogP contribution < -0.4 is 5.32 Å². The Balaban J connectivity index is 1.41. The van der Waals surface area contributed by atoms with Crippen LogP contribution in [0.4, 0.5) is 0 Å². The Kier molecular flexibility index (Phi) is 5.79. The smallest absolute Gasteiger partial charge is 0.283 e. The first-order valence-corrected chi connectivity index (χ1v) is 10.3. The summed E-state index contributed by atoms with van der Waals surface area (Å²) in [6.07, 6.45) is 9.55. The van der Waals surface area contributed by atoms with Crippen LogP contribution in [0, 0.1) is 0 Å². The predicted octanol–water partition coefficient (Wildman–Crippen LogP) is 4.82. The van der Waals surface area contributed by atoms with Crippen molar-refractivity contribution < 1.29 is 9.59 Å². The number of hydrogen-bond acceptors (Lipinski definition) is 3. The highest BCUT2D eigenvalue weighted by Gasteiger charge is 2.25. The summed E-state index contributed by atoms with van der Waals surface area (Å²) in [6, 6.07) is 14.5. The number of nitrogens with zero attached hydrogens (tertiary/aromatic N) is 1. The van der Waals surface area contributed by atoms with Gasteiger partial charge in [0.15, 0.2) is 0 Å². The van der Waals surface area contributed by atoms with E-state index >= 15 is 0 Å². The molecule has 4 nitrogen and oxygen atoms in total. The van der Waals surface area contributed by atoms with E-state index < -0.39 is 0 Å². The quantitative estimate of drug-likeness (QED) is 0.721. The number of carbonyl (C=O) groups excluding carboxylic acids is 2. The molecule has 29 heavy (non-hydrogen) atoms. The summed E-state index contributed by atoms with van der Waals surface area (Å²) in [6.45, 7) is 0.427. The first kappa shape index (κ1) is 19.4. The number of amides is 2. The van der Waals surface area contributed by atoms with Gasteiger partial charge in [0.2, 0.25) is 0 Å². The Hall–Kier alpha value is -2.89. The highest BCUT2D eigenvalue weighted by molar-refractivity contribution is 8.05. The number of halogens is 1. The molecular formula is C23H17ClN2O2S. The minimum Gasteiger partial charge on any atom is -0.348 e. The number of benzene rings is 2.